The molecule has 0 radical (unpaired) electrons. The Bertz CT molecular complexity index is 511. The highest BCUT2D eigenvalue weighted by Gasteiger charge is 2.02. The Morgan fingerprint density at radius 1 is 0.667 bits per heavy atom. The Balaban J connectivity index is 1.68. The molecule has 0 spiro atoms. The van der Waals surface area contributed by atoms with Crippen LogP contribution in [-0.2, 0) is 16.0 Å². The molecule has 0 aliphatic heterocycles. The van der Waals surface area contributed by atoms with Crippen molar-refractivity contribution in [1.82, 2.24) is 0 Å². The van der Waals surface area contributed by atoms with Crippen molar-refractivity contribution in [1.29, 1.82) is 0 Å². The molecule has 0 amide bonds. The standard InChI is InChI=1S/C30H54O2S/c1-2-3-4-5-19-22-27-32-30(31)26-21-18-16-14-12-10-8-6-7-9-11-13-15-17-20-24-29-25-23-28-33-29/h23,25,28H,2-22,24,26-27H2,1H3. The summed E-state index contributed by atoms with van der Waals surface area (Å²) in [5, 5.41) is 2.19. The molecule has 1 heterocycles. The van der Waals surface area contributed by atoms with Gasteiger partial charge in [0.25, 0.3) is 0 Å². The lowest BCUT2D eigenvalue weighted by atomic mass is 10.0. The highest BCUT2D eigenvalue weighted by molar-refractivity contribution is 7.09. The normalized spacial score (nSPS) is 11.2. The predicted octanol–water partition coefficient (Wildman–Crippen LogP) is 10.4. The van der Waals surface area contributed by atoms with Gasteiger partial charge in [-0.25, -0.2) is 0 Å². The molecular formula is C30H54O2S. The van der Waals surface area contributed by atoms with Crippen LogP contribution in [0.25, 0.3) is 0 Å². The Labute approximate surface area is 210 Å². The minimum absolute atomic E-state index is 0.0157. The van der Waals surface area contributed by atoms with Gasteiger partial charge in [0.2, 0.25) is 0 Å². The van der Waals surface area contributed by atoms with E-state index < -0.39 is 0 Å². The number of hydrogen-bond acceptors (Lipinski definition) is 3. The fraction of sp³-hybridized carbons (Fsp3) is 0.833. The molecule has 0 unspecified atom stereocenters. The van der Waals surface area contributed by atoms with Gasteiger partial charge in [-0.3, -0.25) is 4.79 Å². The van der Waals surface area contributed by atoms with E-state index in [0.29, 0.717) is 13.0 Å². The second-order valence-electron chi connectivity index (χ2n) is 9.87. The predicted molar refractivity (Wildman–Crippen MR) is 146 cm³/mol. The summed E-state index contributed by atoms with van der Waals surface area (Å²) in [6.45, 7) is 2.86. The molecule has 0 aliphatic rings. The van der Waals surface area contributed by atoms with Crippen LogP contribution >= 0.6 is 11.3 Å². The minimum Gasteiger partial charge on any atom is -0.466 e. The van der Waals surface area contributed by atoms with Crippen molar-refractivity contribution in [2.45, 2.75) is 155 Å². The number of unbranched alkanes of at least 4 members (excludes halogenated alkanes) is 19. The van der Waals surface area contributed by atoms with E-state index in [4.69, 9.17) is 4.74 Å². The fourth-order valence-electron chi connectivity index (χ4n) is 4.46. The summed E-state index contributed by atoms with van der Waals surface area (Å²) in [6, 6.07) is 4.43. The van der Waals surface area contributed by atoms with Gasteiger partial charge in [-0.15, -0.1) is 11.3 Å². The van der Waals surface area contributed by atoms with E-state index in [-0.39, 0.29) is 5.97 Å². The Morgan fingerprint density at radius 3 is 1.67 bits per heavy atom. The summed E-state index contributed by atoms with van der Waals surface area (Å²) >= 11 is 1.90. The van der Waals surface area contributed by atoms with Crippen LogP contribution < -0.4 is 0 Å². The molecule has 0 fully saturated rings. The molecular weight excluding hydrogens is 424 g/mol. The lowest BCUT2D eigenvalue weighted by Gasteiger charge is -2.05. The number of aryl methyl sites for hydroxylation is 1. The van der Waals surface area contributed by atoms with Gasteiger partial charge in [-0.2, -0.15) is 0 Å². The van der Waals surface area contributed by atoms with Crippen molar-refractivity contribution in [2.24, 2.45) is 0 Å². The SMILES string of the molecule is CCCCCCCCOC(=O)CCCCCCCCCCCCCCCCCc1cccs1. The summed E-state index contributed by atoms with van der Waals surface area (Å²) in [7, 11) is 0. The first-order valence-electron chi connectivity index (χ1n) is 14.5. The van der Waals surface area contributed by atoms with E-state index in [9.17, 15) is 4.79 Å². The van der Waals surface area contributed by atoms with Crippen molar-refractivity contribution >= 4 is 17.3 Å². The van der Waals surface area contributed by atoms with Gasteiger partial charge in [-0.1, -0.05) is 129 Å². The average molecular weight is 479 g/mol. The van der Waals surface area contributed by atoms with E-state index in [1.54, 1.807) is 4.88 Å². The first kappa shape index (κ1) is 30.2. The number of hydrogen-bond donors (Lipinski definition) is 0. The van der Waals surface area contributed by atoms with E-state index >= 15 is 0 Å². The molecule has 0 atom stereocenters. The van der Waals surface area contributed by atoms with E-state index in [0.717, 1.165) is 12.8 Å². The number of esters is 1. The fourth-order valence-corrected chi connectivity index (χ4v) is 5.21. The maximum Gasteiger partial charge on any atom is 0.305 e. The third kappa shape index (κ3) is 21.4. The molecule has 1 aromatic rings. The van der Waals surface area contributed by atoms with Gasteiger partial charge in [-0.05, 0) is 37.1 Å². The molecule has 0 saturated heterocycles. The Morgan fingerprint density at radius 2 is 1.15 bits per heavy atom. The molecule has 1 aromatic heterocycles. The average Bonchev–Trinajstić information content (AvgIpc) is 3.34. The quantitative estimate of drug-likeness (QED) is 0.103. The maximum absolute atomic E-state index is 11.7. The van der Waals surface area contributed by atoms with Gasteiger partial charge >= 0.3 is 5.97 Å². The number of carbonyl (C=O) groups excluding carboxylic acids is 1. The van der Waals surface area contributed by atoms with Crippen LogP contribution in [0.3, 0.4) is 0 Å². The summed E-state index contributed by atoms with van der Waals surface area (Å²) in [5.41, 5.74) is 0. The monoisotopic (exact) mass is 478 g/mol. The van der Waals surface area contributed by atoms with Crippen molar-refractivity contribution in [2.75, 3.05) is 6.61 Å². The van der Waals surface area contributed by atoms with Crippen molar-refractivity contribution in [3.8, 4) is 0 Å². The van der Waals surface area contributed by atoms with Gasteiger partial charge in [0, 0.05) is 11.3 Å². The van der Waals surface area contributed by atoms with Crippen LogP contribution in [0.15, 0.2) is 17.5 Å². The Kier molecular flexibility index (Phi) is 22.2. The molecule has 33 heavy (non-hydrogen) atoms. The molecule has 0 bridgehead atoms. The van der Waals surface area contributed by atoms with Gasteiger partial charge in [0.05, 0.1) is 6.61 Å². The summed E-state index contributed by atoms with van der Waals surface area (Å²) < 4.78 is 5.35. The lowest BCUT2D eigenvalue weighted by molar-refractivity contribution is -0.143. The van der Waals surface area contributed by atoms with Gasteiger partial charge < -0.3 is 4.74 Å². The number of rotatable bonds is 25. The van der Waals surface area contributed by atoms with Gasteiger partial charge in [0.15, 0.2) is 0 Å². The maximum atomic E-state index is 11.7. The molecule has 0 aromatic carbocycles. The lowest BCUT2D eigenvalue weighted by Crippen LogP contribution is -2.05. The van der Waals surface area contributed by atoms with Crippen LogP contribution in [0.4, 0.5) is 0 Å². The molecule has 1 rings (SSSR count). The van der Waals surface area contributed by atoms with E-state index in [2.05, 4.69) is 24.4 Å². The highest BCUT2D eigenvalue weighted by Crippen LogP contribution is 2.16. The molecule has 192 valence electrons. The van der Waals surface area contributed by atoms with E-state index in [1.807, 2.05) is 11.3 Å². The molecule has 0 N–H and O–H groups in total. The number of carbonyl (C=O) groups is 1. The summed E-state index contributed by atoms with van der Waals surface area (Å²) in [5.74, 6) is 0.0157. The topological polar surface area (TPSA) is 26.3 Å². The Hall–Kier alpha value is -0.830. The zero-order chi connectivity index (χ0) is 23.7. The van der Waals surface area contributed by atoms with Gasteiger partial charge in [0.1, 0.15) is 0 Å². The number of ether oxygens (including phenoxy) is 1. The van der Waals surface area contributed by atoms with Crippen molar-refractivity contribution in [3.05, 3.63) is 22.4 Å². The summed E-state index contributed by atoms with van der Waals surface area (Å²) in [4.78, 5) is 13.3. The number of thiophene rings is 1. The van der Waals surface area contributed by atoms with Crippen LogP contribution in [0.2, 0.25) is 0 Å². The minimum atomic E-state index is 0.0157. The highest BCUT2D eigenvalue weighted by atomic mass is 32.1. The second-order valence-corrected chi connectivity index (χ2v) is 10.9. The molecule has 3 heteroatoms. The molecule has 0 aliphatic carbocycles. The van der Waals surface area contributed by atoms with E-state index in [1.165, 1.54) is 128 Å². The van der Waals surface area contributed by atoms with Crippen LogP contribution in [0, 0.1) is 0 Å². The van der Waals surface area contributed by atoms with Crippen molar-refractivity contribution < 1.29 is 9.53 Å². The smallest absolute Gasteiger partial charge is 0.305 e. The van der Waals surface area contributed by atoms with Crippen molar-refractivity contribution in [3.63, 3.8) is 0 Å². The first-order chi connectivity index (χ1) is 16.3. The third-order valence-corrected chi connectivity index (χ3v) is 7.58. The largest absolute Gasteiger partial charge is 0.466 e. The summed E-state index contributed by atoms with van der Waals surface area (Å²) in [6.07, 6.45) is 29.6. The second kappa shape index (κ2) is 24.3. The van der Waals surface area contributed by atoms with Crippen LogP contribution in [0.5, 0.6) is 0 Å². The van der Waals surface area contributed by atoms with Crippen LogP contribution in [-0.4, -0.2) is 12.6 Å². The molecule has 2 nitrogen and oxygen atoms in total. The first-order valence-corrected chi connectivity index (χ1v) is 15.4. The third-order valence-electron chi connectivity index (χ3n) is 6.65. The zero-order valence-corrected chi connectivity index (χ0v) is 22.7. The zero-order valence-electron chi connectivity index (χ0n) is 21.9. The van der Waals surface area contributed by atoms with Crippen LogP contribution in [0.1, 0.15) is 153 Å². The molecule has 0 saturated carbocycles.